The Morgan fingerprint density at radius 2 is 2.00 bits per heavy atom. The molecule has 2 heterocycles. The zero-order valence-corrected chi connectivity index (χ0v) is 16.3. The van der Waals surface area contributed by atoms with Gasteiger partial charge in [0, 0.05) is 32.1 Å². The van der Waals surface area contributed by atoms with Gasteiger partial charge in [-0.1, -0.05) is 23.9 Å². The summed E-state index contributed by atoms with van der Waals surface area (Å²) >= 11 is 1.34. The first-order chi connectivity index (χ1) is 13.1. The Bertz CT molecular complexity index is 911. The van der Waals surface area contributed by atoms with Crippen LogP contribution in [0.5, 0.6) is 5.75 Å². The fourth-order valence-corrected chi connectivity index (χ4v) is 3.36. The number of carbonyl (C=O) groups is 1. The van der Waals surface area contributed by atoms with Crippen molar-refractivity contribution in [3.05, 3.63) is 48.8 Å². The molecule has 3 aromatic rings. The van der Waals surface area contributed by atoms with Crippen LogP contribution in [0.4, 0.5) is 0 Å². The van der Waals surface area contributed by atoms with Crippen LogP contribution >= 0.6 is 11.8 Å². The Kier molecular flexibility index (Phi) is 6.08. The van der Waals surface area contributed by atoms with E-state index in [9.17, 15) is 4.79 Å². The average molecular weight is 383 g/mol. The van der Waals surface area contributed by atoms with Crippen LogP contribution < -0.4 is 4.74 Å². The summed E-state index contributed by atoms with van der Waals surface area (Å²) in [6, 6.07) is 11.5. The molecule has 3 rings (SSSR count). The molecule has 0 N–H and O–H groups in total. The molecule has 7 nitrogen and oxygen atoms in total. The summed E-state index contributed by atoms with van der Waals surface area (Å²) in [7, 11) is 3.47. The predicted molar refractivity (Wildman–Crippen MR) is 105 cm³/mol. The van der Waals surface area contributed by atoms with Gasteiger partial charge in [-0.3, -0.25) is 14.3 Å². The molecule has 140 valence electrons. The molecule has 0 aliphatic carbocycles. The smallest absolute Gasteiger partial charge is 0.232 e. The number of benzene rings is 1. The summed E-state index contributed by atoms with van der Waals surface area (Å²) in [5.74, 6) is 1.66. The molecule has 0 radical (unpaired) electrons. The van der Waals surface area contributed by atoms with Crippen LogP contribution in [0.25, 0.3) is 17.1 Å². The first kappa shape index (κ1) is 18.9. The third-order valence-electron chi connectivity index (χ3n) is 3.78. The van der Waals surface area contributed by atoms with E-state index in [0.29, 0.717) is 17.6 Å². The Morgan fingerprint density at radius 3 is 2.70 bits per heavy atom. The molecule has 0 spiro atoms. The van der Waals surface area contributed by atoms with Gasteiger partial charge in [0.2, 0.25) is 5.91 Å². The maximum Gasteiger partial charge on any atom is 0.232 e. The number of carbonyl (C=O) groups excluding carboxylic acids is 1. The summed E-state index contributed by atoms with van der Waals surface area (Å²) in [5, 5.41) is 9.30. The van der Waals surface area contributed by atoms with E-state index in [4.69, 9.17) is 4.74 Å². The van der Waals surface area contributed by atoms with Crippen molar-refractivity contribution in [3.8, 4) is 22.8 Å². The second-order valence-corrected chi connectivity index (χ2v) is 6.80. The SMILES string of the molecule is CCOc1ccccc1-n1c(SCC(=O)N(C)C)nnc1-c1cccnc1. The highest BCUT2D eigenvalue weighted by atomic mass is 32.2. The molecule has 0 unspecified atom stereocenters. The van der Waals surface area contributed by atoms with E-state index in [0.717, 1.165) is 17.0 Å². The number of hydrogen-bond acceptors (Lipinski definition) is 6. The van der Waals surface area contributed by atoms with E-state index in [1.54, 1.807) is 31.4 Å². The molecular weight excluding hydrogens is 362 g/mol. The summed E-state index contributed by atoms with van der Waals surface area (Å²) in [4.78, 5) is 17.8. The molecule has 0 atom stereocenters. The van der Waals surface area contributed by atoms with Crippen LogP contribution in [-0.2, 0) is 4.79 Å². The van der Waals surface area contributed by atoms with Gasteiger partial charge in [-0.2, -0.15) is 0 Å². The minimum atomic E-state index is 0.00979. The van der Waals surface area contributed by atoms with Crippen molar-refractivity contribution < 1.29 is 9.53 Å². The number of amides is 1. The van der Waals surface area contributed by atoms with Gasteiger partial charge in [-0.05, 0) is 31.2 Å². The predicted octanol–water partition coefficient (Wildman–Crippen LogP) is 2.91. The Balaban J connectivity index is 2.08. The first-order valence-corrected chi connectivity index (χ1v) is 9.51. The number of para-hydroxylation sites is 2. The third kappa shape index (κ3) is 4.28. The van der Waals surface area contributed by atoms with Crippen molar-refractivity contribution in [2.45, 2.75) is 12.1 Å². The summed E-state index contributed by atoms with van der Waals surface area (Å²) in [6.07, 6.45) is 3.45. The lowest BCUT2D eigenvalue weighted by atomic mass is 10.2. The largest absolute Gasteiger partial charge is 0.492 e. The number of nitrogens with zero attached hydrogens (tertiary/aromatic N) is 5. The minimum absolute atomic E-state index is 0.00979. The van der Waals surface area contributed by atoms with Gasteiger partial charge in [0.1, 0.15) is 5.75 Å². The lowest BCUT2D eigenvalue weighted by molar-refractivity contribution is -0.125. The highest BCUT2D eigenvalue weighted by Gasteiger charge is 2.20. The molecule has 1 amide bonds. The van der Waals surface area contributed by atoms with Gasteiger partial charge in [0.25, 0.3) is 0 Å². The maximum atomic E-state index is 12.0. The van der Waals surface area contributed by atoms with Crippen LogP contribution in [0.1, 0.15) is 6.92 Å². The number of hydrogen-bond donors (Lipinski definition) is 0. The zero-order chi connectivity index (χ0) is 19.2. The van der Waals surface area contributed by atoms with E-state index in [-0.39, 0.29) is 11.7 Å². The fourth-order valence-electron chi connectivity index (χ4n) is 2.44. The molecule has 1 aromatic carbocycles. The molecule has 2 aromatic heterocycles. The third-order valence-corrected chi connectivity index (χ3v) is 4.70. The molecule has 8 heteroatoms. The molecule has 0 aliphatic rings. The number of rotatable bonds is 7. The first-order valence-electron chi connectivity index (χ1n) is 8.52. The minimum Gasteiger partial charge on any atom is -0.492 e. The zero-order valence-electron chi connectivity index (χ0n) is 15.5. The van der Waals surface area contributed by atoms with Gasteiger partial charge in [0.05, 0.1) is 18.0 Å². The Labute approximate surface area is 162 Å². The average Bonchev–Trinajstić information content (AvgIpc) is 3.11. The van der Waals surface area contributed by atoms with Crippen LogP contribution in [0, 0.1) is 0 Å². The molecule has 27 heavy (non-hydrogen) atoms. The van der Waals surface area contributed by atoms with E-state index < -0.39 is 0 Å². The number of aromatic nitrogens is 4. The monoisotopic (exact) mass is 383 g/mol. The highest BCUT2D eigenvalue weighted by Crippen LogP contribution is 2.32. The van der Waals surface area contributed by atoms with E-state index in [2.05, 4.69) is 15.2 Å². The van der Waals surface area contributed by atoms with Crippen molar-refractivity contribution in [1.82, 2.24) is 24.6 Å². The van der Waals surface area contributed by atoms with Gasteiger partial charge < -0.3 is 9.64 Å². The van der Waals surface area contributed by atoms with Gasteiger partial charge in [0.15, 0.2) is 11.0 Å². The van der Waals surface area contributed by atoms with Gasteiger partial charge in [-0.15, -0.1) is 10.2 Å². The molecule has 0 fully saturated rings. The number of ether oxygens (including phenoxy) is 1. The van der Waals surface area contributed by atoms with Crippen molar-refractivity contribution in [2.75, 3.05) is 26.5 Å². The lowest BCUT2D eigenvalue weighted by Crippen LogP contribution is -2.23. The molecular formula is C19H21N5O2S. The highest BCUT2D eigenvalue weighted by molar-refractivity contribution is 7.99. The number of pyridine rings is 1. The molecule has 0 aliphatic heterocycles. The van der Waals surface area contributed by atoms with Crippen molar-refractivity contribution in [2.24, 2.45) is 0 Å². The molecule has 0 saturated heterocycles. The van der Waals surface area contributed by atoms with Crippen LogP contribution in [0.15, 0.2) is 53.9 Å². The van der Waals surface area contributed by atoms with Crippen molar-refractivity contribution >= 4 is 17.7 Å². The second-order valence-electron chi connectivity index (χ2n) is 5.86. The Morgan fingerprint density at radius 1 is 1.19 bits per heavy atom. The van der Waals surface area contributed by atoms with Gasteiger partial charge >= 0.3 is 0 Å². The van der Waals surface area contributed by atoms with E-state index >= 15 is 0 Å². The van der Waals surface area contributed by atoms with Crippen molar-refractivity contribution in [1.29, 1.82) is 0 Å². The topological polar surface area (TPSA) is 73.1 Å². The quantitative estimate of drug-likeness (QED) is 0.584. The van der Waals surface area contributed by atoms with Crippen LogP contribution in [-0.4, -0.2) is 57.0 Å². The van der Waals surface area contributed by atoms with Crippen LogP contribution in [0.3, 0.4) is 0 Å². The molecule has 0 saturated carbocycles. The van der Waals surface area contributed by atoms with Crippen molar-refractivity contribution in [3.63, 3.8) is 0 Å². The second kappa shape index (κ2) is 8.68. The standard InChI is InChI=1S/C19H21N5O2S/c1-4-26-16-10-6-5-9-15(16)24-18(14-8-7-11-20-12-14)21-22-19(24)27-13-17(25)23(2)3/h5-12H,4,13H2,1-3H3. The van der Waals surface area contributed by atoms with E-state index in [1.807, 2.05) is 47.9 Å². The maximum absolute atomic E-state index is 12.0. The lowest BCUT2D eigenvalue weighted by Gasteiger charge is -2.15. The summed E-state index contributed by atoms with van der Waals surface area (Å²) in [6.45, 7) is 2.49. The van der Waals surface area contributed by atoms with E-state index in [1.165, 1.54) is 11.8 Å². The summed E-state index contributed by atoms with van der Waals surface area (Å²) < 4.78 is 7.71. The normalized spacial score (nSPS) is 10.6. The number of thioether (sulfide) groups is 1. The van der Waals surface area contributed by atoms with Gasteiger partial charge in [-0.25, -0.2) is 0 Å². The summed E-state index contributed by atoms with van der Waals surface area (Å²) in [5.41, 5.74) is 1.66. The fraction of sp³-hybridized carbons (Fsp3) is 0.263. The Hall–Kier alpha value is -2.87. The van der Waals surface area contributed by atoms with Crippen LogP contribution in [0.2, 0.25) is 0 Å². The molecule has 0 bridgehead atoms.